The van der Waals surface area contributed by atoms with Crippen molar-refractivity contribution in [3.05, 3.63) is 29.7 Å². The Morgan fingerprint density at radius 3 is 3.00 bits per heavy atom. The summed E-state index contributed by atoms with van der Waals surface area (Å²) in [4.78, 5) is 9.21. The molecule has 0 atom stereocenters. The van der Waals surface area contributed by atoms with Crippen LogP contribution in [0.4, 0.5) is 0 Å². The third kappa shape index (κ3) is 2.08. The first-order chi connectivity index (χ1) is 9.72. The molecule has 0 saturated heterocycles. The summed E-state index contributed by atoms with van der Waals surface area (Å²) < 4.78 is 7.57. The molecule has 106 valence electrons. The number of hydrogen-bond acceptors (Lipinski definition) is 4. The first-order valence-electron chi connectivity index (χ1n) is 7.01. The summed E-state index contributed by atoms with van der Waals surface area (Å²) in [6, 6.07) is 4.75. The molecule has 0 saturated carbocycles. The number of fused-ring (bicyclic) bond motifs is 1. The smallest absolute Gasteiger partial charge is 0.296 e. The molecule has 3 rings (SSSR count). The summed E-state index contributed by atoms with van der Waals surface area (Å²) in [6.07, 6.45) is 1.84. The Hall–Kier alpha value is -1.88. The van der Waals surface area contributed by atoms with E-state index in [-0.39, 0.29) is 0 Å². The molecule has 2 aromatic heterocycles. The van der Waals surface area contributed by atoms with Crippen LogP contribution >= 0.6 is 0 Å². The molecule has 0 amide bonds. The van der Waals surface area contributed by atoms with Gasteiger partial charge >= 0.3 is 0 Å². The zero-order valence-corrected chi connectivity index (χ0v) is 12.2. The van der Waals surface area contributed by atoms with Crippen molar-refractivity contribution in [3.8, 4) is 17.3 Å². The molecule has 2 aromatic rings. The number of methoxy groups -OCH3 is 1. The Morgan fingerprint density at radius 1 is 1.40 bits per heavy atom. The summed E-state index contributed by atoms with van der Waals surface area (Å²) in [5.74, 6) is 0.367. The molecule has 0 spiro atoms. The minimum absolute atomic E-state index is 0.367. The third-order valence-corrected chi connectivity index (χ3v) is 3.67. The van der Waals surface area contributed by atoms with Gasteiger partial charge in [-0.25, -0.2) is 0 Å². The number of nitrogens with zero attached hydrogens (tertiary/aromatic N) is 3. The van der Waals surface area contributed by atoms with Gasteiger partial charge in [-0.15, -0.1) is 0 Å². The SMILES string of the molecule is COc1nc(-c2cccnc2C(C)C)c2n1CCNC2. The molecule has 0 radical (unpaired) electrons. The van der Waals surface area contributed by atoms with Gasteiger partial charge in [-0.3, -0.25) is 9.55 Å². The van der Waals surface area contributed by atoms with Crippen molar-refractivity contribution in [1.29, 1.82) is 0 Å². The van der Waals surface area contributed by atoms with Gasteiger partial charge in [0, 0.05) is 31.4 Å². The van der Waals surface area contributed by atoms with Crippen molar-refractivity contribution in [1.82, 2.24) is 19.9 Å². The van der Waals surface area contributed by atoms with Crippen molar-refractivity contribution in [2.75, 3.05) is 13.7 Å². The fourth-order valence-electron chi connectivity index (χ4n) is 2.72. The predicted octanol–water partition coefficient (Wildman–Crippen LogP) is 2.18. The van der Waals surface area contributed by atoms with E-state index in [0.717, 1.165) is 36.6 Å². The van der Waals surface area contributed by atoms with Crippen molar-refractivity contribution in [2.45, 2.75) is 32.9 Å². The predicted molar refractivity (Wildman–Crippen MR) is 77.8 cm³/mol. The standard InChI is InChI=1S/C15H20N4O/c1-10(2)13-11(5-4-6-17-13)14-12-9-16-7-8-19(12)15(18-14)20-3/h4-6,10,16H,7-9H2,1-3H3. The molecule has 0 aliphatic carbocycles. The Morgan fingerprint density at radius 2 is 2.25 bits per heavy atom. The van der Waals surface area contributed by atoms with Crippen LogP contribution in [-0.4, -0.2) is 28.2 Å². The average Bonchev–Trinajstić information content (AvgIpc) is 2.86. The van der Waals surface area contributed by atoms with Gasteiger partial charge in [0.05, 0.1) is 24.2 Å². The lowest BCUT2D eigenvalue weighted by atomic mass is 10.00. The van der Waals surface area contributed by atoms with E-state index in [4.69, 9.17) is 4.74 Å². The fourth-order valence-corrected chi connectivity index (χ4v) is 2.72. The second kappa shape index (κ2) is 5.25. The fraction of sp³-hybridized carbons (Fsp3) is 0.467. The topological polar surface area (TPSA) is 52.0 Å². The Labute approximate surface area is 119 Å². The molecule has 0 fully saturated rings. The molecule has 1 aliphatic heterocycles. The first-order valence-corrected chi connectivity index (χ1v) is 7.01. The minimum atomic E-state index is 0.367. The molecule has 1 N–H and O–H groups in total. The van der Waals surface area contributed by atoms with E-state index >= 15 is 0 Å². The Bertz CT molecular complexity index is 618. The highest BCUT2D eigenvalue weighted by molar-refractivity contribution is 5.66. The maximum Gasteiger partial charge on any atom is 0.296 e. The minimum Gasteiger partial charge on any atom is -0.468 e. The van der Waals surface area contributed by atoms with E-state index in [9.17, 15) is 0 Å². The van der Waals surface area contributed by atoms with Crippen molar-refractivity contribution >= 4 is 0 Å². The molecule has 5 heteroatoms. The number of imidazole rings is 1. The van der Waals surface area contributed by atoms with E-state index in [2.05, 4.69) is 39.8 Å². The van der Waals surface area contributed by atoms with Crippen LogP contribution in [-0.2, 0) is 13.1 Å². The van der Waals surface area contributed by atoms with Gasteiger partial charge in [0.25, 0.3) is 6.01 Å². The highest BCUT2D eigenvalue weighted by Gasteiger charge is 2.23. The molecule has 3 heterocycles. The van der Waals surface area contributed by atoms with Crippen LogP contribution in [0.15, 0.2) is 18.3 Å². The van der Waals surface area contributed by atoms with Crippen LogP contribution in [0, 0.1) is 0 Å². The van der Waals surface area contributed by atoms with E-state index < -0.39 is 0 Å². The quantitative estimate of drug-likeness (QED) is 0.930. The normalized spacial score (nSPS) is 14.4. The van der Waals surface area contributed by atoms with E-state index in [1.165, 1.54) is 5.69 Å². The lowest BCUT2D eigenvalue weighted by Crippen LogP contribution is -2.28. The molecule has 0 bridgehead atoms. The number of aromatic nitrogens is 3. The second-order valence-electron chi connectivity index (χ2n) is 5.31. The number of ether oxygens (including phenoxy) is 1. The van der Waals surface area contributed by atoms with Crippen LogP contribution in [0.5, 0.6) is 6.01 Å². The molecule has 0 unspecified atom stereocenters. The van der Waals surface area contributed by atoms with Gasteiger partial charge in [-0.2, -0.15) is 4.98 Å². The lowest BCUT2D eigenvalue weighted by molar-refractivity contribution is 0.344. The summed E-state index contributed by atoms with van der Waals surface area (Å²) in [5.41, 5.74) is 4.37. The molecule has 20 heavy (non-hydrogen) atoms. The van der Waals surface area contributed by atoms with E-state index in [0.29, 0.717) is 11.9 Å². The summed E-state index contributed by atoms with van der Waals surface area (Å²) in [7, 11) is 1.67. The highest BCUT2D eigenvalue weighted by Crippen LogP contribution is 2.32. The van der Waals surface area contributed by atoms with Gasteiger partial charge in [0.1, 0.15) is 0 Å². The highest BCUT2D eigenvalue weighted by atomic mass is 16.5. The van der Waals surface area contributed by atoms with Gasteiger partial charge in [0.2, 0.25) is 0 Å². The lowest BCUT2D eigenvalue weighted by Gasteiger charge is -2.18. The average molecular weight is 272 g/mol. The maximum atomic E-state index is 5.42. The number of rotatable bonds is 3. The van der Waals surface area contributed by atoms with E-state index in [1.807, 2.05) is 12.3 Å². The number of nitrogens with one attached hydrogen (secondary N) is 1. The molecular weight excluding hydrogens is 252 g/mol. The number of pyridine rings is 1. The zero-order chi connectivity index (χ0) is 14.1. The van der Waals surface area contributed by atoms with Crippen LogP contribution in [0.3, 0.4) is 0 Å². The summed E-state index contributed by atoms with van der Waals surface area (Å²) in [5, 5.41) is 3.40. The van der Waals surface area contributed by atoms with Gasteiger partial charge in [-0.05, 0) is 18.1 Å². The van der Waals surface area contributed by atoms with Crippen molar-refractivity contribution in [2.24, 2.45) is 0 Å². The Balaban J connectivity index is 2.18. The zero-order valence-electron chi connectivity index (χ0n) is 12.2. The van der Waals surface area contributed by atoms with Crippen molar-refractivity contribution in [3.63, 3.8) is 0 Å². The largest absolute Gasteiger partial charge is 0.468 e. The van der Waals surface area contributed by atoms with E-state index in [1.54, 1.807) is 7.11 Å². The first kappa shape index (κ1) is 13.1. The van der Waals surface area contributed by atoms with Crippen molar-refractivity contribution < 1.29 is 4.74 Å². The van der Waals surface area contributed by atoms with Gasteiger partial charge in [0.15, 0.2) is 0 Å². The second-order valence-corrected chi connectivity index (χ2v) is 5.31. The monoisotopic (exact) mass is 272 g/mol. The molecular formula is C15H20N4O. The van der Waals surface area contributed by atoms with Crippen LogP contribution in [0.1, 0.15) is 31.2 Å². The maximum absolute atomic E-state index is 5.42. The molecule has 5 nitrogen and oxygen atoms in total. The van der Waals surface area contributed by atoms with Crippen LogP contribution in [0.2, 0.25) is 0 Å². The van der Waals surface area contributed by atoms with Gasteiger partial charge in [-0.1, -0.05) is 13.8 Å². The summed E-state index contributed by atoms with van der Waals surface area (Å²) in [6.45, 7) is 6.97. The Kier molecular flexibility index (Phi) is 3.44. The van der Waals surface area contributed by atoms with Crippen LogP contribution in [0.25, 0.3) is 11.3 Å². The van der Waals surface area contributed by atoms with Crippen LogP contribution < -0.4 is 10.1 Å². The summed E-state index contributed by atoms with van der Waals surface area (Å²) >= 11 is 0. The molecule has 1 aliphatic rings. The molecule has 0 aromatic carbocycles. The number of hydrogen-bond donors (Lipinski definition) is 1. The third-order valence-electron chi connectivity index (χ3n) is 3.67. The van der Waals surface area contributed by atoms with Gasteiger partial charge < -0.3 is 10.1 Å².